The molecule has 0 aliphatic rings. The van der Waals surface area contributed by atoms with Crippen LogP contribution in [0.2, 0.25) is 5.02 Å². The van der Waals surface area contributed by atoms with Gasteiger partial charge in [-0.25, -0.2) is 4.73 Å². The van der Waals surface area contributed by atoms with Crippen molar-refractivity contribution in [3.8, 4) is 6.07 Å². The van der Waals surface area contributed by atoms with Crippen molar-refractivity contribution in [2.24, 2.45) is 0 Å². The molecule has 21 heavy (non-hydrogen) atoms. The maximum atomic E-state index is 12.3. The van der Waals surface area contributed by atoms with Gasteiger partial charge in [0, 0.05) is 11.1 Å². The van der Waals surface area contributed by atoms with E-state index in [4.69, 9.17) is 16.9 Å². The van der Waals surface area contributed by atoms with E-state index in [-0.39, 0.29) is 22.5 Å². The van der Waals surface area contributed by atoms with Crippen LogP contribution >= 0.6 is 11.6 Å². The summed E-state index contributed by atoms with van der Waals surface area (Å²) in [6, 6.07) is 6.11. The minimum Gasteiger partial charge on any atom is -0.710 e. The summed E-state index contributed by atoms with van der Waals surface area (Å²) in [5.74, 6) is -0.0431. The molecule has 8 heteroatoms. The summed E-state index contributed by atoms with van der Waals surface area (Å²) in [5.41, 5.74) is -0.0523. The Hall–Kier alpha value is -2.30. The quantitative estimate of drug-likeness (QED) is 0.480. The van der Waals surface area contributed by atoms with Crippen molar-refractivity contribution in [3.05, 3.63) is 39.3 Å². The lowest BCUT2D eigenvalue weighted by Gasteiger charge is -2.13. The molecule has 0 radical (unpaired) electrons. The minimum atomic E-state index is -0.274. The Balaban J connectivity index is 2.52. The van der Waals surface area contributed by atoms with Crippen LogP contribution in [0.5, 0.6) is 0 Å². The number of hydrogen-bond donors (Lipinski definition) is 2. The van der Waals surface area contributed by atoms with E-state index in [0.29, 0.717) is 21.0 Å². The van der Waals surface area contributed by atoms with Crippen LogP contribution in [-0.4, -0.2) is 20.1 Å². The average Bonchev–Trinajstić information content (AvgIpc) is 2.48. The summed E-state index contributed by atoms with van der Waals surface area (Å²) in [6.45, 7) is 1.23. The number of aromatic nitrogens is 2. The summed E-state index contributed by atoms with van der Waals surface area (Å²) >= 11 is 5.83. The van der Waals surface area contributed by atoms with Gasteiger partial charge in [0.05, 0.1) is 6.54 Å². The van der Waals surface area contributed by atoms with E-state index in [1.807, 2.05) is 7.05 Å². The van der Waals surface area contributed by atoms with Crippen molar-refractivity contribution in [2.45, 2.75) is 6.42 Å². The Morgan fingerprint density at radius 1 is 1.24 bits per heavy atom. The van der Waals surface area contributed by atoms with Crippen LogP contribution in [0.1, 0.15) is 12.1 Å². The van der Waals surface area contributed by atoms with E-state index in [1.165, 1.54) is 18.2 Å². The lowest BCUT2D eigenvalue weighted by atomic mass is 10.2. The second-order valence-electron chi connectivity index (χ2n) is 4.41. The summed E-state index contributed by atoms with van der Waals surface area (Å²) in [4.78, 5) is 0. The molecule has 2 N–H and O–H groups in total. The summed E-state index contributed by atoms with van der Waals surface area (Å²) in [5, 5.41) is 39.8. The molecule has 0 aliphatic heterocycles. The number of nitrogens with one attached hydrogen (secondary N) is 2. The second-order valence-corrected chi connectivity index (χ2v) is 4.85. The zero-order valence-corrected chi connectivity index (χ0v) is 12.1. The van der Waals surface area contributed by atoms with Gasteiger partial charge in [-0.1, -0.05) is 11.6 Å². The first kappa shape index (κ1) is 15.1. The van der Waals surface area contributed by atoms with Crippen molar-refractivity contribution in [1.29, 1.82) is 5.26 Å². The molecule has 0 saturated heterocycles. The zero-order valence-electron chi connectivity index (χ0n) is 11.4. The van der Waals surface area contributed by atoms with Gasteiger partial charge in [-0.2, -0.15) is 5.26 Å². The second kappa shape index (κ2) is 6.43. The highest BCUT2D eigenvalue weighted by Gasteiger charge is 2.26. The summed E-state index contributed by atoms with van der Waals surface area (Å²) in [6.07, 6.45) is 0.749. The molecule has 0 atom stereocenters. The molecule has 1 aromatic carbocycles. The van der Waals surface area contributed by atoms with Crippen LogP contribution < -0.4 is 20.1 Å². The van der Waals surface area contributed by atoms with E-state index in [0.717, 1.165) is 13.0 Å². The highest BCUT2D eigenvalue weighted by atomic mass is 35.5. The number of nitriles is 1. The van der Waals surface area contributed by atoms with Gasteiger partial charge in [0.15, 0.2) is 6.07 Å². The van der Waals surface area contributed by atoms with E-state index < -0.39 is 0 Å². The minimum absolute atomic E-state index is 0.0431. The number of halogens is 1. The third-order valence-corrected chi connectivity index (χ3v) is 3.24. The molecule has 110 valence electrons. The van der Waals surface area contributed by atoms with Crippen molar-refractivity contribution in [3.63, 3.8) is 0 Å². The van der Waals surface area contributed by atoms with Gasteiger partial charge >= 0.3 is 11.5 Å². The van der Waals surface area contributed by atoms with Crippen LogP contribution in [0, 0.1) is 21.7 Å². The lowest BCUT2D eigenvalue weighted by molar-refractivity contribution is -0.620. The predicted octanol–water partition coefficient (Wildman–Crippen LogP) is 0.653. The van der Waals surface area contributed by atoms with Crippen LogP contribution in [-0.2, 0) is 0 Å². The number of anilines is 1. The molecule has 0 fully saturated rings. The Kier molecular flexibility index (Phi) is 4.62. The lowest BCUT2D eigenvalue weighted by Crippen LogP contribution is -2.44. The average molecular weight is 308 g/mol. The van der Waals surface area contributed by atoms with E-state index in [2.05, 4.69) is 10.6 Å². The topological polar surface area (TPSA) is 102 Å². The number of fused-ring (bicyclic) bond motifs is 1. The van der Waals surface area contributed by atoms with Gasteiger partial charge in [0.2, 0.25) is 5.52 Å². The molecular formula is C13H14ClN5O2. The van der Waals surface area contributed by atoms with Gasteiger partial charge in [-0.15, -0.1) is 4.73 Å². The van der Waals surface area contributed by atoms with Crippen LogP contribution in [0.25, 0.3) is 11.0 Å². The Labute approximate surface area is 126 Å². The standard InChI is InChI=1S/C13H14ClN5O2/c1-16-5-2-6-17-13-12(8-15)18(20)11-7-9(14)3-4-10(11)19(13)21/h3-4,7,16-17H,2,5-6H2,1H3. The molecule has 0 aliphatic carbocycles. The largest absolute Gasteiger partial charge is 0.710 e. The summed E-state index contributed by atoms with van der Waals surface area (Å²) < 4.78 is 0.980. The summed E-state index contributed by atoms with van der Waals surface area (Å²) in [7, 11) is 1.82. The molecule has 2 aromatic rings. The van der Waals surface area contributed by atoms with Crippen LogP contribution in [0.3, 0.4) is 0 Å². The number of benzene rings is 1. The fourth-order valence-corrected chi connectivity index (χ4v) is 2.16. The van der Waals surface area contributed by atoms with Crippen molar-refractivity contribution < 1.29 is 9.46 Å². The van der Waals surface area contributed by atoms with E-state index in [9.17, 15) is 10.4 Å². The molecule has 0 saturated carbocycles. The first-order valence-electron chi connectivity index (χ1n) is 6.37. The first-order chi connectivity index (χ1) is 10.1. The SMILES string of the molecule is CNCCCNc1c(C#N)[n+]([O-])c2cc(Cl)ccc2[n+]1[O-]. The highest BCUT2D eigenvalue weighted by Crippen LogP contribution is 2.17. The Bertz CT molecular complexity index is 714. The number of nitrogens with zero attached hydrogens (tertiary/aromatic N) is 3. The zero-order chi connectivity index (χ0) is 15.4. The fraction of sp³-hybridized carbons (Fsp3) is 0.308. The molecular weight excluding hydrogens is 294 g/mol. The van der Waals surface area contributed by atoms with Crippen molar-refractivity contribution >= 4 is 28.5 Å². The Morgan fingerprint density at radius 3 is 2.67 bits per heavy atom. The number of hydrogen-bond acceptors (Lipinski definition) is 5. The highest BCUT2D eigenvalue weighted by molar-refractivity contribution is 6.31. The monoisotopic (exact) mass is 307 g/mol. The smallest absolute Gasteiger partial charge is 0.385 e. The molecule has 2 rings (SSSR count). The van der Waals surface area contributed by atoms with Crippen molar-refractivity contribution in [1.82, 2.24) is 5.32 Å². The maximum absolute atomic E-state index is 12.3. The normalized spacial score (nSPS) is 10.5. The van der Waals surface area contributed by atoms with Gasteiger partial charge in [0.25, 0.3) is 5.52 Å². The Morgan fingerprint density at radius 2 is 2.00 bits per heavy atom. The van der Waals surface area contributed by atoms with Crippen LogP contribution in [0.4, 0.5) is 5.82 Å². The van der Waals surface area contributed by atoms with E-state index in [1.54, 1.807) is 6.07 Å². The predicted molar refractivity (Wildman–Crippen MR) is 78.6 cm³/mol. The van der Waals surface area contributed by atoms with Crippen molar-refractivity contribution in [2.75, 3.05) is 25.5 Å². The van der Waals surface area contributed by atoms with E-state index >= 15 is 0 Å². The van der Waals surface area contributed by atoms with Crippen LogP contribution in [0.15, 0.2) is 18.2 Å². The van der Waals surface area contributed by atoms with Gasteiger partial charge in [-0.05, 0) is 32.1 Å². The van der Waals surface area contributed by atoms with Gasteiger partial charge in [0.1, 0.15) is 0 Å². The maximum Gasteiger partial charge on any atom is 0.385 e. The van der Waals surface area contributed by atoms with Gasteiger partial charge < -0.3 is 15.7 Å². The molecule has 0 bridgehead atoms. The first-order valence-corrected chi connectivity index (χ1v) is 6.75. The third kappa shape index (κ3) is 2.91. The third-order valence-electron chi connectivity index (χ3n) is 3.01. The molecule has 7 nitrogen and oxygen atoms in total. The molecule has 1 heterocycles. The number of rotatable bonds is 5. The molecule has 1 aromatic heterocycles. The molecule has 0 spiro atoms. The van der Waals surface area contributed by atoms with Gasteiger partial charge in [-0.3, -0.25) is 5.32 Å². The fourth-order valence-electron chi connectivity index (χ4n) is 1.99. The molecule has 0 amide bonds. The molecule has 0 unspecified atom stereocenters.